The van der Waals surface area contributed by atoms with Crippen LogP contribution in [0.2, 0.25) is 5.02 Å². The van der Waals surface area contributed by atoms with E-state index in [1.807, 2.05) is 12.1 Å². The van der Waals surface area contributed by atoms with Gasteiger partial charge in [0.05, 0.1) is 17.1 Å². The van der Waals surface area contributed by atoms with Gasteiger partial charge in [-0.25, -0.2) is 4.98 Å². The maximum absolute atomic E-state index is 6.06. The van der Waals surface area contributed by atoms with E-state index in [1.165, 1.54) is 0 Å². The number of halogens is 1. The minimum atomic E-state index is 0.244. The van der Waals surface area contributed by atoms with Crippen molar-refractivity contribution in [2.24, 2.45) is 0 Å². The number of nitrogens with one attached hydrogen (secondary N) is 1. The van der Waals surface area contributed by atoms with E-state index in [9.17, 15) is 0 Å². The zero-order chi connectivity index (χ0) is 14.0. The van der Waals surface area contributed by atoms with Crippen molar-refractivity contribution in [3.63, 3.8) is 0 Å². The van der Waals surface area contributed by atoms with E-state index in [4.69, 9.17) is 16.6 Å². The van der Waals surface area contributed by atoms with E-state index in [0.717, 1.165) is 34.8 Å². The highest BCUT2D eigenvalue weighted by Gasteiger charge is 2.17. The summed E-state index contributed by atoms with van der Waals surface area (Å²) in [6, 6.07) is 6.55. The molecule has 1 unspecified atom stereocenters. The molecule has 104 valence electrons. The Morgan fingerprint density at radius 3 is 2.68 bits per heavy atom. The fourth-order valence-electron chi connectivity index (χ4n) is 2.39. The smallest absolute Gasteiger partial charge is 0.127 e. The van der Waals surface area contributed by atoms with Crippen LogP contribution in [-0.4, -0.2) is 16.1 Å². The van der Waals surface area contributed by atoms with Crippen LogP contribution in [0.15, 0.2) is 18.2 Å². The van der Waals surface area contributed by atoms with Gasteiger partial charge in [0.15, 0.2) is 0 Å². The average molecular weight is 280 g/mol. The predicted octanol–water partition coefficient (Wildman–Crippen LogP) is 4.33. The van der Waals surface area contributed by atoms with Crippen LogP contribution in [-0.2, 0) is 0 Å². The third kappa shape index (κ3) is 2.93. The molecule has 0 aliphatic rings. The summed E-state index contributed by atoms with van der Waals surface area (Å²) >= 11 is 6.06. The van der Waals surface area contributed by atoms with Gasteiger partial charge in [-0.2, -0.15) is 0 Å². The molecule has 1 atom stereocenters. The molecule has 4 heteroatoms. The maximum Gasteiger partial charge on any atom is 0.127 e. The lowest BCUT2D eigenvalue weighted by Crippen LogP contribution is -2.23. The van der Waals surface area contributed by atoms with Gasteiger partial charge in [-0.15, -0.1) is 0 Å². The topological polar surface area (TPSA) is 29.9 Å². The molecule has 1 heterocycles. The Labute approximate surface area is 120 Å². The van der Waals surface area contributed by atoms with Crippen molar-refractivity contribution in [2.75, 3.05) is 6.54 Å². The number of nitrogens with zero attached hydrogens (tertiary/aromatic N) is 2. The van der Waals surface area contributed by atoms with E-state index in [2.05, 4.69) is 43.6 Å². The standard InChI is InChI=1S/C15H22ClN3/c1-5-8-17-11(4)15-18-13-9-12(16)6-7-14(13)19(15)10(2)3/h6-7,9-11,17H,5,8H2,1-4H3. The van der Waals surface area contributed by atoms with Crippen LogP contribution in [0.5, 0.6) is 0 Å². The molecule has 19 heavy (non-hydrogen) atoms. The molecule has 0 bridgehead atoms. The molecule has 0 spiro atoms. The van der Waals surface area contributed by atoms with Crippen LogP contribution in [0.1, 0.15) is 52.0 Å². The molecule has 2 rings (SSSR count). The maximum atomic E-state index is 6.06. The second-order valence-corrected chi connectivity index (χ2v) is 5.68. The summed E-state index contributed by atoms with van der Waals surface area (Å²) in [5.74, 6) is 1.08. The van der Waals surface area contributed by atoms with Crippen molar-refractivity contribution in [1.82, 2.24) is 14.9 Å². The van der Waals surface area contributed by atoms with Gasteiger partial charge in [0.1, 0.15) is 5.82 Å². The Kier molecular flexibility index (Phi) is 4.48. The first kappa shape index (κ1) is 14.4. The number of rotatable bonds is 5. The van der Waals surface area contributed by atoms with Gasteiger partial charge in [-0.05, 0) is 51.9 Å². The average Bonchev–Trinajstić information content (AvgIpc) is 2.74. The van der Waals surface area contributed by atoms with Crippen LogP contribution in [0, 0.1) is 0 Å². The molecule has 0 aliphatic heterocycles. The third-order valence-corrected chi connectivity index (χ3v) is 3.52. The third-order valence-electron chi connectivity index (χ3n) is 3.28. The Bertz CT molecular complexity index is 560. The van der Waals surface area contributed by atoms with Crippen LogP contribution in [0.4, 0.5) is 0 Å². The highest BCUT2D eigenvalue weighted by Crippen LogP contribution is 2.26. The first-order chi connectivity index (χ1) is 9.04. The largest absolute Gasteiger partial charge is 0.324 e. The van der Waals surface area contributed by atoms with Crippen molar-refractivity contribution in [1.29, 1.82) is 0 Å². The summed E-state index contributed by atoms with van der Waals surface area (Å²) in [6.07, 6.45) is 1.12. The van der Waals surface area contributed by atoms with Crippen molar-refractivity contribution in [3.8, 4) is 0 Å². The van der Waals surface area contributed by atoms with E-state index in [-0.39, 0.29) is 6.04 Å². The fourth-order valence-corrected chi connectivity index (χ4v) is 2.56. The fraction of sp³-hybridized carbons (Fsp3) is 0.533. The zero-order valence-electron chi connectivity index (χ0n) is 12.1. The lowest BCUT2D eigenvalue weighted by atomic mass is 10.2. The quantitative estimate of drug-likeness (QED) is 0.883. The van der Waals surface area contributed by atoms with Crippen molar-refractivity contribution < 1.29 is 0 Å². The molecular weight excluding hydrogens is 258 g/mol. The Balaban J connectivity index is 2.49. The van der Waals surface area contributed by atoms with Gasteiger partial charge < -0.3 is 9.88 Å². The minimum Gasteiger partial charge on any atom is -0.324 e. The molecule has 0 radical (unpaired) electrons. The summed E-state index contributed by atoms with van der Waals surface area (Å²) in [5, 5.41) is 4.24. The number of imidazole rings is 1. The molecule has 0 aliphatic carbocycles. The van der Waals surface area contributed by atoms with Gasteiger partial charge in [-0.1, -0.05) is 18.5 Å². The molecule has 3 nitrogen and oxygen atoms in total. The van der Waals surface area contributed by atoms with Gasteiger partial charge in [-0.3, -0.25) is 0 Å². The summed E-state index contributed by atoms with van der Waals surface area (Å²) in [7, 11) is 0. The number of aromatic nitrogens is 2. The number of fused-ring (bicyclic) bond motifs is 1. The van der Waals surface area contributed by atoms with E-state index in [1.54, 1.807) is 0 Å². The van der Waals surface area contributed by atoms with E-state index < -0.39 is 0 Å². The summed E-state index contributed by atoms with van der Waals surface area (Å²) in [4.78, 5) is 4.76. The number of benzene rings is 1. The van der Waals surface area contributed by atoms with Gasteiger partial charge in [0.2, 0.25) is 0 Å². The molecule has 0 amide bonds. The Hall–Kier alpha value is -1.06. The lowest BCUT2D eigenvalue weighted by Gasteiger charge is -2.18. The molecule has 1 aromatic carbocycles. The van der Waals surface area contributed by atoms with Crippen LogP contribution in [0.25, 0.3) is 11.0 Å². The van der Waals surface area contributed by atoms with E-state index >= 15 is 0 Å². The molecule has 0 saturated heterocycles. The molecule has 0 fully saturated rings. The minimum absolute atomic E-state index is 0.244. The molecule has 2 aromatic rings. The SMILES string of the molecule is CCCNC(C)c1nc2cc(Cl)ccc2n1C(C)C. The Morgan fingerprint density at radius 1 is 1.32 bits per heavy atom. The van der Waals surface area contributed by atoms with Crippen LogP contribution < -0.4 is 5.32 Å². The number of hydrogen-bond donors (Lipinski definition) is 1. The second-order valence-electron chi connectivity index (χ2n) is 5.24. The van der Waals surface area contributed by atoms with Crippen LogP contribution in [0.3, 0.4) is 0 Å². The van der Waals surface area contributed by atoms with Gasteiger partial charge in [0.25, 0.3) is 0 Å². The highest BCUT2D eigenvalue weighted by molar-refractivity contribution is 6.31. The lowest BCUT2D eigenvalue weighted by molar-refractivity contribution is 0.492. The van der Waals surface area contributed by atoms with Crippen molar-refractivity contribution >= 4 is 22.6 Å². The van der Waals surface area contributed by atoms with Gasteiger partial charge in [0, 0.05) is 11.1 Å². The molecule has 1 N–H and O–H groups in total. The van der Waals surface area contributed by atoms with Gasteiger partial charge >= 0.3 is 0 Å². The summed E-state index contributed by atoms with van der Waals surface area (Å²) in [6.45, 7) is 9.71. The highest BCUT2D eigenvalue weighted by atomic mass is 35.5. The molecule has 1 aromatic heterocycles. The zero-order valence-corrected chi connectivity index (χ0v) is 12.8. The monoisotopic (exact) mass is 279 g/mol. The van der Waals surface area contributed by atoms with Crippen LogP contribution >= 0.6 is 11.6 Å². The van der Waals surface area contributed by atoms with Crippen molar-refractivity contribution in [2.45, 2.75) is 46.2 Å². The summed E-state index contributed by atoms with van der Waals surface area (Å²) < 4.78 is 2.29. The van der Waals surface area contributed by atoms with Crippen molar-refractivity contribution in [3.05, 3.63) is 29.0 Å². The second kappa shape index (κ2) is 5.93. The first-order valence-corrected chi connectivity index (χ1v) is 7.33. The first-order valence-electron chi connectivity index (χ1n) is 6.95. The molecular formula is C15H22ClN3. The Morgan fingerprint density at radius 2 is 2.05 bits per heavy atom. The van der Waals surface area contributed by atoms with E-state index in [0.29, 0.717) is 6.04 Å². The normalized spacial score (nSPS) is 13.4. The predicted molar refractivity (Wildman–Crippen MR) is 81.8 cm³/mol. The summed E-state index contributed by atoms with van der Waals surface area (Å²) in [5.41, 5.74) is 2.13. The molecule has 0 saturated carbocycles. The number of hydrogen-bond acceptors (Lipinski definition) is 2.